The van der Waals surface area contributed by atoms with Crippen molar-refractivity contribution in [2.45, 2.75) is 0 Å². The zero-order valence-corrected chi connectivity index (χ0v) is 29.4. The van der Waals surface area contributed by atoms with Crippen LogP contribution in [-0.4, -0.2) is 15.0 Å². The van der Waals surface area contributed by atoms with Gasteiger partial charge in [0.25, 0.3) is 0 Å². The van der Waals surface area contributed by atoms with Gasteiger partial charge in [-0.2, -0.15) is 0 Å². The molecule has 0 aliphatic rings. The van der Waals surface area contributed by atoms with Crippen LogP contribution in [0.5, 0.6) is 0 Å². The van der Waals surface area contributed by atoms with Crippen LogP contribution in [0.15, 0.2) is 164 Å². The first-order valence-electron chi connectivity index (χ1n) is 17.3. The monoisotopic (exact) mass is 697 g/mol. The van der Waals surface area contributed by atoms with E-state index in [2.05, 4.69) is 146 Å². The van der Waals surface area contributed by atoms with Gasteiger partial charge in [-0.05, 0) is 46.2 Å². The minimum Gasteiger partial charge on any atom is -0.247 e. The number of pyridine rings is 1. The minimum absolute atomic E-state index is 0.745. The SMILES string of the molecule is c1ccc(-c2nc(-c3ccc(-c4ccc(-c5nc6cc7ccccc7cc6c6sc7ccccc7c56)cc4)cc3)c3sc4ccccc4c3n2)cc1. The van der Waals surface area contributed by atoms with E-state index in [1.165, 1.54) is 46.4 Å². The molecule has 11 rings (SSSR count). The summed E-state index contributed by atoms with van der Waals surface area (Å²) in [6.07, 6.45) is 0. The fourth-order valence-corrected chi connectivity index (χ4v) is 9.88. The summed E-state index contributed by atoms with van der Waals surface area (Å²) in [7, 11) is 0. The third kappa shape index (κ3) is 4.67. The number of thiophene rings is 2. The number of benzene rings is 7. The van der Waals surface area contributed by atoms with Crippen molar-refractivity contribution in [2.24, 2.45) is 0 Å². The lowest BCUT2D eigenvalue weighted by molar-refractivity contribution is 1.24. The smallest absolute Gasteiger partial charge is 0.160 e. The van der Waals surface area contributed by atoms with E-state index >= 15 is 0 Å². The average molecular weight is 698 g/mol. The maximum absolute atomic E-state index is 5.36. The molecule has 3 nitrogen and oxygen atoms in total. The predicted molar refractivity (Wildman–Crippen MR) is 222 cm³/mol. The van der Waals surface area contributed by atoms with Crippen LogP contribution in [0.1, 0.15) is 0 Å². The van der Waals surface area contributed by atoms with Gasteiger partial charge >= 0.3 is 0 Å². The summed E-state index contributed by atoms with van der Waals surface area (Å²) in [6, 6.07) is 58.3. The molecule has 4 aromatic heterocycles. The first kappa shape index (κ1) is 29.5. The number of nitrogens with zero attached hydrogens (tertiary/aromatic N) is 3. The number of hydrogen-bond donors (Lipinski definition) is 0. The molecule has 0 saturated carbocycles. The van der Waals surface area contributed by atoms with Gasteiger partial charge in [0.05, 0.1) is 27.1 Å². The molecule has 0 fully saturated rings. The Balaban J connectivity index is 1.01. The molecule has 52 heavy (non-hydrogen) atoms. The van der Waals surface area contributed by atoms with E-state index in [-0.39, 0.29) is 0 Å². The van der Waals surface area contributed by atoms with Crippen molar-refractivity contribution in [1.82, 2.24) is 15.0 Å². The Labute approximate surface area is 307 Å². The zero-order chi connectivity index (χ0) is 34.2. The maximum atomic E-state index is 5.36. The quantitative estimate of drug-likeness (QED) is 0.172. The van der Waals surface area contributed by atoms with Crippen LogP contribution in [0.3, 0.4) is 0 Å². The highest BCUT2D eigenvalue weighted by Crippen LogP contribution is 2.44. The normalized spacial score (nSPS) is 11.8. The molecule has 5 heteroatoms. The number of aromatic nitrogens is 3. The Bertz CT molecular complexity index is 3160. The van der Waals surface area contributed by atoms with Crippen LogP contribution in [0.2, 0.25) is 0 Å². The van der Waals surface area contributed by atoms with Crippen molar-refractivity contribution in [1.29, 1.82) is 0 Å². The van der Waals surface area contributed by atoms with E-state index in [0.29, 0.717) is 0 Å². The molecule has 0 saturated heterocycles. The lowest BCUT2D eigenvalue weighted by atomic mass is 9.98. The minimum atomic E-state index is 0.745. The molecule has 0 spiro atoms. The summed E-state index contributed by atoms with van der Waals surface area (Å²) in [5.41, 5.74) is 9.56. The van der Waals surface area contributed by atoms with Gasteiger partial charge in [-0.25, -0.2) is 15.0 Å². The van der Waals surface area contributed by atoms with E-state index in [1.807, 2.05) is 29.5 Å². The van der Waals surface area contributed by atoms with E-state index in [0.717, 1.165) is 60.8 Å². The van der Waals surface area contributed by atoms with Crippen molar-refractivity contribution >= 4 is 84.8 Å². The van der Waals surface area contributed by atoms with Gasteiger partial charge < -0.3 is 0 Å². The van der Waals surface area contributed by atoms with Gasteiger partial charge in [0.15, 0.2) is 5.82 Å². The Kier molecular flexibility index (Phi) is 6.59. The molecule has 0 bridgehead atoms. The summed E-state index contributed by atoms with van der Waals surface area (Å²) in [4.78, 5) is 15.6. The van der Waals surface area contributed by atoms with E-state index in [4.69, 9.17) is 15.0 Å². The maximum Gasteiger partial charge on any atom is 0.160 e. The van der Waals surface area contributed by atoms with Crippen LogP contribution in [0, 0.1) is 0 Å². The van der Waals surface area contributed by atoms with E-state index in [9.17, 15) is 0 Å². The Hall–Kier alpha value is -6.27. The first-order valence-corrected chi connectivity index (χ1v) is 19.0. The van der Waals surface area contributed by atoms with E-state index in [1.54, 1.807) is 11.3 Å². The second-order valence-electron chi connectivity index (χ2n) is 13.2. The molecule has 242 valence electrons. The number of hydrogen-bond acceptors (Lipinski definition) is 5. The fourth-order valence-electron chi connectivity index (χ4n) is 7.50. The molecule has 11 aromatic rings. The molecule has 0 aliphatic heterocycles. The molecule has 0 N–H and O–H groups in total. The zero-order valence-electron chi connectivity index (χ0n) is 27.7. The molecule has 0 amide bonds. The third-order valence-corrected chi connectivity index (χ3v) is 12.4. The molecule has 0 atom stereocenters. The molecular formula is C47H27N3S2. The molecular weight excluding hydrogens is 671 g/mol. The average Bonchev–Trinajstić information content (AvgIpc) is 3.79. The summed E-state index contributed by atoms with van der Waals surface area (Å²) in [6.45, 7) is 0. The molecule has 7 aromatic carbocycles. The standard InChI is InChI=1S/C47H27N3S2/c1-2-10-32(11-3-1)47-49-43(46-44(50-47)36-15-7-9-17-40(36)52-46)31-24-20-29(21-25-31)28-18-22-30(23-19-28)42-41-35-14-6-8-16-39(35)51-45(41)37-26-33-12-4-5-13-34(33)27-38(37)48-42/h1-27H. The Morgan fingerprint density at radius 3 is 1.65 bits per heavy atom. The van der Waals surface area contributed by atoms with Crippen molar-refractivity contribution < 1.29 is 0 Å². The fraction of sp³-hybridized carbons (Fsp3) is 0. The largest absolute Gasteiger partial charge is 0.247 e. The van der Waals surface area contributed by atoms with Gasteiger partial charge in [0, 0.05) is 52.3 Å². The Morgan fingerprint density at radius 1 is 0.365 bits per heavy atom. The second kappa shape index (κ2) is 11.6. The summed E-state index contributed by atoms with van der Waals surface area (Å²) in [5, 5.41) is 7.31. The lowest BCUT2D eigenvalue weighted by Gasteiger charge is -2.11. The summed E-state index contributed by atoms with van der Waals surface area (Å²) >= 11 is 3.62. The van der Waals surface area contributed by atoms with Crippen molar-refractivity contribution in [2.75, 3.05) is 0 Å². The van der Waals surface area contributed by atoms with Crippen LogP contribution in [0.25, 0.3) is 107 Å². The summed E-state index contributed by atoms with van der Waals surface area (Å²) in [5.74, 6) is 0.745. The molecule has 0 unspecified atom stereocenters. The Morgan fingerprint density at radius 2 is 0.923 bits per heavy atom. The number of fused-ring (bicyclic) bond motifs is 9. The summed E-state index contributed by atoms with van der Waals surface area (Å²) < 4.78 is 4.91. The van der Waals surface area contributed by atoms with Crippen LogP contribution in [-0.2, 0) is 0 Å². The van der Waals surface area contributed by atoms with Crippen molar-refractivity contribution in [3.63, 3.8) is 0 Å². The molecule has 4 heterocycles. The highest BCUT2D eigenvalue weighted by Gasteiger charge is 2.18. The highest BCUT2D eigenvalue weighted by molar-refractivity contribution is 7.27. The molecule has 0 radical (unpaired) electrons. The van der Waals surface area contributed by atoms with Crippen LogP contribution < -0.4 is 0 Å². The van der Waals surface area contributed by atoms with Gasteiger partial charge in [-0.3, -0.25) is 0 Å². The number of rotatable bonds is 4. The molecule has 0 aliphatic carbocycles. The topological polar surface area (TPSA) is 38.7 Å². The van der Waals surface area contributed by atoms with Crippen molar-refractivity contribution in [3.05, 3.63) is 164 Å². The second-order valence-corrected chi connectivity index (χ2v) is 15.3. The first-order chi connectivity index (χ1) is 25.7. The van der Waals surface area contributed by atoms with Gasteiger partial charge in [0.2, 0.25) is 0 Å². The lowest BCUT2D eigenvalue weighted by Crippen LogP contribution is -1.93. The van der Waals surface area contributed by atoms with Crippen molar-refractivity contribution in [3.8, 4) is 45.0 Å². The van der Waals surface area contributed by atoms with Gasteiger partial charge in [-0.1, -0.05) is 140 Å². The van der Waals surface area contributed by atoms with Crippen LogP contribution in [0.4, 0.5) is 0 Å². The van der Waals surface area contributed by atoms with E-state index < -0.39 is 0 Å². The third-order valence-electron chi connectivity index (χ3n) is 10.1. The predicted octanol–water partition coefficient (Wildman–Crippen LogP) is 13.6. The highest BCUT2D eigenvalue weighted by atomic mass is 32.1. The van der Waals surface area contributed by atoms with Gasteiger partial charge in [0.1, 0.15) is 0 Å². The van der Waals surface area contributed by atoms with Gasteiger partial charge in [-0.15, -0.1) is 22.7 Å². The van der Waals surface area contributed by atoms with Crippen LogP contribution >= 0.6 is 22.7 Å².